The third kappa shape index (κ3) is 16.0. The first-order chi connectivity index (χ1) is 7.45. The predicted molar refractivity (Wildman–Crippen MR) is 64.2 cm³/mol. The summed E-state index contributed by atoms with van der Waals surface area (Å²) in [7, 11) is 0. The highest BCUT2D eigenvalue weighted by Gasteiger charge is 2.14. The van der Waals surface area contributed by atoms with Crippen LogP contribution in [0.2, 0.25) is 0 Å². The van der Waals surface area contributed by atoms with E-state index in [1.807, 2.05) is 0 Å². The summed E-state index contributed by atoms with van der Waals surface area (Å²) in [5.41, 5.74) is 0. The van der Waals surface area contributed by atoms with E-state index >= 15 is 0 Å². The number of carboxylic acid groups (broad SMARTS) is 2. The molecular formula is C8H16O6S2. The fraction of sp³-hybridized carbons (Fsp3) is 0.750. The zero-order chi connectivity index (χ0) is 13.0. The second-order valence-electron chi connectivity index (χ2n) is 2.51. The normalized spacial score (nSPS) is 11.2. The van der Waals surface area contributed by atoms with E-state index in [0.29, 0.717) is 0 Å². The molecule has 0 fully saturated rings. The molecule has 0 aliphatic carbocycles. The molecule has 0 aromatic heterocycles. The molecule has 0 saturated heterocycles. The molecule has 0 spiro atoms. The zero-order valence-electron chi connectivity index (χ0n) is 8.57. The number of carboxylic acids is 2. The van der Waals surface area contributed by atoms with Gasteiger partial charge in [-0.05, 0) is 0 Å². The maximum absolute atomic E-state index is 9.90. The van der Waals surface area contributed by atoms with Gasteiger partial charge in [0.2, 0.25) is 0 Å². The Balaban J connectivity index is 0. The lowest BCUT2D eigenvalue weighted by molar-refractivity contribution is -0.142. The van der Waals surface area contributed by atoms with Gasteiger partial charge in [0.1, 0.15) is 5.25 Å². The van der Waals surface area contributed by atoms with Gasteiger partial charge in [-0.3, -0.25) is 9.59 Å². The first-order valence-electron chi connectivity index (χ1n) is 4.37. The molecule has 0 aliphatic rings. The van der Waals surface area contributed by atoms with Crippen LogP contribution in [-0.2, 0) is 9.59 Å². The van der Waals surface area contributed by atoms with Crippen LogP contribution >= 0.6 is 24.4 Å². The number of aliphatic hydroxyl groups excluding tert-OH is 2. The molecule has 0 aromatic rings. The van der Waals surface area contributed by atoms with Crippen molar-refractivity contribution in [2.75, 3.05) is 24.7 Å². The van der Waals surface area contributed by atoms with E-state index in [1.165, 1.54) is 0 Å². The van der Waals surface area contributed by atoms with Crippen LogP contribution in [0.15, 0.2) is 0 Å². The summed E-state index contributed by atoms with van der Waals surface area (Å²) in [6.45, 7) is 0.426. The standard InChI is InChI=1S/C4H6O4S.C4H10O2S/c5-3(6)1-2(9)4(7)8;5-1-3-7-4-2-6/h2,9H,1H2,(H,5,6)(H,7,8);5-6H,1-4H2. The summed E-state index contributed by atoms with van der Waals surface area (Å²) in [4.78, 5) is 19.7. The lowest BCUT2D eigenvalue weighted by atomic mass is 10.3. The fourth-order valence-corrected chi connectivity index (χ4v) is 1.10. The van der Waals surface area contributed by atoms with Gasteiger partial charge >= 0.3 is 11.9 Å². The van der Waals surface area contributed by atoms with Gasteiger partial charge in [-0.25, -0.2) is 0 Å². The van der Waals surface area contributed by atoms with E-state index in [-0.39, 0.29) is 13.2 Å². The Hall–Kier alpha value is -0.440. The monoisotopic (exact) mass is 272 g/mol. The highest BCUT2D eigenvalue weighted by atomic mass is 32.2. The topological polar surface area (TPSA) is 115 Å². The Bertz CT molecular complexity index is 195. The van der Waals surface area contributed by atoms with Crippen molar-refractivity contribution in [3.63, 3.8) is 0 Å². The van der Waals surface area contributed by atoms with E-state index in [1.54, 1.807) is 11.8 Å². The number of thioether (sulfide) groups is 1. The number of hydrogen-bond donors (Lipinski definition) is 5. The van der Waals surface area contributed by atoms with Crippen LogP contribution in [0.25, 0.3) is 0 Å². The Morgan fingerprint density at radius 1 is 1.12 bits per heavy atom. The van der Waals surface area contributed by atoms with Crippen molar-refractivity contribution < 1.29 is 30.0 Å². The lowest BCUT2D eigenvalue weighted by Gasteiger charge is -1.97. The third-order valence-electron chi connectivity index (χ3n) is 1.12. The SMILES string of the molecule is O=C(O)CC(S)C(=O)O.OCCSCCO. The second-order valence-corrected chi connectivity index (χ2v) is 4.36. The molecule has 4 N–H and O–H groups in total. The molecular weight excluding hydrogens is 256 g/mol. The first-order valence-corrected chi connectivity index (χ1v) is 6.05. The van der Waals surface area contributed by atoms with E-state index < -0.39 is 23.6 Å². The minimum atomic E-state index is -1.21. The maximum atomic E-state index is 9.90. The van der Waals surface area contributed by atoms with Gasteiger partial charge in [0.25, 0.3) is 0 Å². The number of rotatable bonds is 7. The zero-order valence-corrected chi connectivity index (χ0v) is 10.3. The fourth-order valence-electron chi connectivity index (χ4n) is 0.484. The van der Waals surface area contributed by atoms with Crippen molar-refractivity contribution in [2.45, 2.75) is 11.7 Å². The summed E-state index contributed by atoms with van der Waals surface area (Å²) < 4.78 is 0. The smallest absolute Gasteiger partial charge is 0.316 e. The molecule has 0 aromatic carbocycles. The quantitative estimate of drug-likeness (QED) is 0.315. The van der Waals surface area contributed by atoms with Gasteiger partial charge in [0.05, 0.1) is 19.6 Å². The average molecular weight is 272 g/mol. The number of hydrogen-bond acceptors (Lipinski definition) is 6. The Morgan fingerprint density at radius 2 is 1.56 bits per heavy atom. The van der Waals surface area contributed by atoms with Gasteiger partial charge in [-0.1, -0.05) is 0 Å². The molecule has 1 atom stereocenters. The van der Waals surface area contributed by atoms with Crippen LogP contribution < -0.4 is 0 Å². The molecule has 0 bridgehead atoms. The molecule has 1 unspecified atom stereocenters. The van der Waals surface area contributed by atoms with Gasteiger partial charge in [-0.15, -0.1) is 0 Å². The molecule has 0 radical (unpaired) electrons. The highest BCUT2D eigenvalue weighted by molar-refractivity contribution is 7.99. The first kappa shape index (κ1) is 17.9. The number of carbonyl (C=O) groups is 2. The van der Waals surface area contributed by atoms with Crippen LogP contribution in [0.3, 0.4) is 0 Å². The molecule has 8 heteroatoms. The number of aliphatic carboxylic acids is 2. The van der Waals surface area contributed by atoms with Gasteiger partial charge < -0.3 is 20.4 Å². The van der Waals surface area contributed by atoms with Crippen molar-refractivity contribution >= 4 is 36.3 Å². The van der Waals surface area contributed by atoms with Crippen LogP contribution in [0.1, 0.15) is 6.42 Å². The van der Waals surface area contributed by atoms with Crippen LogP contribution in [0.5, 0.6) is 0 Å². The third-order valence-corrected chi connectivity index (χ3v) is 2.47. The number of aliphatic hydroxyl groups is 2. The largest absolute Gasteiger partial charge is 0.481 e. The van der Waals surface area contributed by atoms with Crippen molar-refractivity contribution in [2.24, 2.45) is 0 Å². The maximum Gasteiger partial charge on any atom is 0.316 e. The molecule has 16 heavy (non-hydrogen) atoms. The molecule has 0 saturated carbocycles. The van der Waals surface area contributed by atoms with Crippen molar-refractivity contribution in [3.8, 4) is 0 Å². The van der Waals surface area contributed by atoms with E-state index in [0.717, 1.165) is 11.5 Å². The van der Waals surface area contributed by atoms with Crippen molar-refractivity contribution in [1.82, 2.24) is 0 Å². The predicted octanol–water partition coefficient (Wildman–Crippen LogP) is -0.452. The molecule has 0 aliphatic heterocycles. The molecule has 96 valence electrons. The second kappa shape index (κ2) is 12.6. The van der Waals surface area contributed by atoms with Crippen molar-refractivity contribution in [3.05, 3.63) is 0 Å². The van der Waals surface area contributed by atoms with Crippen LogP contribution in [0, 0.1) is 0 Å². The van der Waals surface area contributed by atoms with Gasteiger partial charge in [-0.2, -0.15) is 24.4 Å². The summed E-state index contributed by atoms with van der Waals surface area (Å²) >= 11 is 5.04. The highest BCUT2D eigenvalue weighted by Crippen LogP contribution is 1.99. The number of thiol groups is 1. The van der Waals surface area contributed by atoms with Crippen molar-refractivity contribution in [1.29, 1.82) is 0 Å². The summed E-state index contributed by atoms with van der Waals surface area (Å²) in [5, 5.41) is 31.4. The van der Waals surface area contributed by atoms with E-state index in [9.17, 15) is 9.59 Å². The summed E-state index contributed by atoms with van der Waals surface area (Å²) in [6.07, 6.45) is -0.446. The molecule has 0 rings (SSSR count). The van der Waals surface area contributed by atoms with Gasteiger partial charge in [0.15, 0.2) is 0 Å². The van der Waals surface area contributed by atoms with Gasteiger partial charge in [0, 0.05) is 11.5 Å². The minimum Gasteiger partial charge on any atom is -0.481 e. The van der Waals surface area contributed by atoms with Crippen LogP contribution in [-0.4, -0.2) is 62.3 Å². The average Bonchev–Trinajstić information content (AvgIpc) is 2.18. The van der Waals surface area contributed by atoms with E-state index in [2.05, 4.69) is 12.6 Å². The molecule has 0 heterocycles. The Kier molecular flexibility index (Phi) is 14.2. The minimum absolute atomic E-state index is 0.213. The van der Waals surface area contributed by atoms with E-state index in [4.69, 9.17) is 20.4 Å². The Morgan fingerprint density at radius 3 is 1.75 bits per heavy atom. The molecule has 6 nitrogen and oxygen atoms in total. The summed E-state index contributed by atoms with van der Waals surface area (Å²) in [5.74, 6) is -0.890. The summed E-state index contributed by atoms with van der Waals surface area (Å²) in [6, 6.07) is 0. The molecule has 0 amide bonds. The Labute approximate surface area is 103 Å². The lowest BCUT2D eigenvalue weighted by Crippen LogP contribution is -2.17. The van der Waals surface area contributed by atoms with Crippen LogP contribution in [0.4, 0.5) is 0 Å².